The Hall–Kier alpha value is -3.23. The van der Waals surface area contributed by atoms with Gasteiger partial charge in [0.25, 0.3) is 0 Å². The van der Waals surface area contributed by atoms with Gasteiger partial charge in [-0.1, -0.05) is 18.2 Å². The van der Waals surface area contributed by atoms with Gasteiger partial charge in [0.05, 0.1) is 22.1 Å². The number of thioether (sulfide) groups is 1. The number of anilines is 1. The predicted molar refractivity (Wildman–Crippen MR) is 126 cm³/mol. The molecule has 0 atom stereocenters. The molecular weight excluding hydrogens is 406 g/mol. The molecule has 31 heavy (non-hydrogen) atoms. The molecular formula is C23H21N7S. The van der Waals surface area contributed by atoms with Crippen LogP contribution in [0.2, 0.25) is 0 Å². The van der Waals surface area contributed by atoms with Crippen LogP contribution in [0.4, 0.5) is 5.82 Å². The van der Waals surface area contributed by atoms with Crippen LogP contribution in [0.5, 0.6) is 0 Å². The number of H-pyrrole nitrogens is 1. The molecule has 0 bridgehead atoms. The number of nitrogens with one attached hydrogen (secondary N) is 2. The van der Waals surface area contributed by atoms with E-state index in [1.54, 1.807) is 11.8 Å². The van der Waals surface area contributed by atoms with Crippen LogP contribution in [0, 0.1) is 0 Å². The summed E-state index contributed by atoms with van der Waals surface area (Å²) >= 11 is 1.67. The maximum Gasteiger partial charge on any atom is 0.163 e. The van der Waals surface area contributed by atoms with E-state index < -0.39 is 0 Å². The molecule has 1 fully saturated rings. The lowest BCUT2D eigenvalue weighted by atomic mass is 9.97. The number of aromatic nitrogens is 5. The highest BCUT2D eigenvalue weighted by Crippen LogP contribution is 2.36. The fourth-order valence-electron chi connectivity index (χ4n) is 4.19. The molecule has 5 heterocycles. The van der Waals surface area contributed by atoms with Gasteiger partial charge in [0.1, 0.15) is 11.5 Å². The molecule has 8 heteroatoms. The molecule has 1 saturated heterocycles. The summed E-state index contributed by atoms with van der Waals surface area (Å²) in [5.74, 6) is 1.68. The second kappa shape index (κ2) is 7.47. The van der Waals surface area contributed by atoms with Gasteiger partial charge in [-0.15, -0.1) is 11.8 Å². The first-order valence-electron chi connectivity index (χ1n) is 10.3. The summed E-state index contributed by atoms with van der Waals surface area (Å²) in [6.07, 6.45) is 13.9. The van der Waals surface area contributed by atoms with Crippen LogP contribution in [0.1, 0.15) is 5.56 Å². The molecule has 0 saturated carbocycles. The van der Waals surface area contributed by atoms with Gasteiger partial charge in [-0.05, 0) is 24.0 Å². The summed E-state index contributed by atoms with van der Waals surface area (Å²) in [6.45, 7) is 3.71. The first-order chi connectivity index (χ1) is 15.3. The van der Waals surface area contributed by atoms with Crippen LogP contribution in [-0.4, -0.2) is 57.4 Å². The summed E-state index contributed by atoms with van der Waals surface area (Å²) in [7, 11) is 0. The standard InChI is InChI=1S/C23H21N7S/c1-31-19-11-16-15(5-6-26-21(16)28-19)22-27-18-13-25-12-17(14-3-2-4-14)20(18)23(29-22)30-9-7-24-8-10-30/h2-6,11-13,24H,7-10H2,1H3,(H,26,28). The average Bonchev–Trinajstić information content (AvgIpc) is 3.21. The molecule has 2 aliphatic rings. The van der Waals surface area contributed by atoms with Gasteiger partial charge in [-0.2, -0.15) is 0 Å². The second-order valence-corrected chi connectivity index (χ2v) is 8.48. The number of aromatic amines is 1. The van der Waals surface area contributed by atoms with Crippen LogP contribution in [0.15, 0.2) is 54.0 Å². The number of nitrogens with zero attached hydrogens (tertiary/aromatic N) is 5. The fourth-order valence-corrected chi connectivity index (χ4v) is 4.62. The highest BCUT2D eigenvalue weighted by molar-refractivity contribution is 7.98. The maximum atomic E-state index is 5.14. The van der Waals surface area contributed by atoms with E-state index in [2.05, 4.69) is 55.7 Å². The van der Waals surface area contributed by atoms with Crippen LogP contribution < -0.4 is 10.2 Å². The summed E-state index contributed by atoms with van der Waals surface area (Å²) in [5, 5.41) is 6.62. The molecule has 6 rings (SSSR count). The molecule has 4 aromatic heterocycles. The van der Waals surface area contributed by atoms with Crippen LogP contribution in [-0.2, 0) is 0 Å². The Morgan fingerprint density at radius 1 is 1.10 bits per heavy atom. The number of rotatable bonds is 4. The molecule has 0 aromatic carbocycles. The molecule has 154 valence electrons. The minimum absolute atomic E-state index is 0.706. The van der Waals surface area contributed by atoms with Crippen molar-refractivity contribution in [3.05, 3.63) is 54.5 Å². The smallest absolute Gasteiger partial charge is 0.163 e. The number of hydrogen-bond acceptors (Lipinski definition) is 7. The van der Waals surface area contributed by atoms with Crippen LogP contribution >= 0.6 is 11.8 Å². The average molecular weight is 428 g/mol. The van der Waals surface area contributed by atoms with Crippen molar-refractivity contribution < 1.29 is 0 Å². The quantitative estimate of drug-likeness (QED) is 0.481. The van der Waals surface area contributed by atoms with Gasteiger partial charge in [-0.25, -0.2) is 15.0 Å². The monoisotopic (exact) mass is 427 g/mol. The van der Waals surface area contributed by atoms with E-state index in [-0.39, 0.29) is 0 Å². The van der Waals surface area contributed by atoms with Crippen molar-refractivity contribution in [3.63, 3.8) is 0 Å². The van der Waals surface area contributed by atoms with Gasteiger partial charge < -0.3 is 15.2 Å². The minimum Gasteiger partial charge on any atom is -0.353 e. The lowest BCUT2D eigenvalue weighted by Gasteiger charge is -2.30. The van der Waals surface area contributed by atoms with Crippen LogP contribution in [0.25, 0.3) is 38.9 Å². The van der Waals surface area contributed by atoms with Crippen molar-refractivity contribution in [2.75, 3.05) is 37.3 Å². The molecule has 1 aliphatic carbocycles. The van der Waals surface area contributed by atoms with Gasteiger partial charge in [0.15, 0.2) is 5.82 Å². The zero-order valence-corrected chi connectivity index (χ0v) is 17.9. The van der Waals surface area contributed by atoms with E-state index in [9.17, 15) is 0 Å². The van der Waals surface area contributed by atoms with Crippen molar-refractivity contribution in [1.29, 1.82) is 0 Å². The van der Waals surface area contributed by atoms with E-state index in [0.717, 1.165) is 70.1 Å². The first kappa shape index (κ1) is 18.5. The fraction of sp³-hybridized carbons (Fsp3) is 0.217. The van der Waals surface area contributed by atoms with Crippen LogP contribution in [0.3, 0.4) is 0 Å². The highest BCUT2D eigenvalue weighted by atomic mass is 32.2. The Kier molecular flexibility index (Phi) is 4.47. The van der Waals surface area contributed by atoms with Crippen molar-refractivity contribution in [3.8, 4) is 11.4 Å². The maximum absolute atomic E-state index is 5.14. The lowest BCUT2D eigenvalue weighted by Crippen LogP contribution is -2.44. The van der Waals surface area contributed by atoms with E-state index in [4.69, 9.17) is 9.97 Å². The lowest BCUT2D eigenvalue weighted by molar-refractivity contribution is 0.586. The molecule has 2 N–H and O–H groups in total. The third-order valence-electron chi connectivity index (χ3n) is 5.83. The molecule has 7 nitrogen and oxygen atoms in total. The second-order valence-electron chi connectivity index (χ2n) is 7.63. The van der Waals surface area contributed by atoms with E-state index in [1.807, 2.05) is 24.7 Å². The molecule has 0 spiro atoms. The first-order valence-corrected chi connectivity index (χ1v) is 11.6. The highest BCUT2D eigenvalue weighted by Gasteiger charge is 2.22. The summed E-state index contributed by atoms with van der Waals surface area (Å²) < 4.78 is 0. The number of hydrogen-bond donors (Lipinski definition) is 2. The topological polar surface area (TPSA) is 82.6 Å². The zero-order valence-electron chi connectivity index (χ0n) is 17.1. The van der Waals surface area contributed by atoms with Gasteiger partial charge in [-0.3, -0.25) is 4.98 Å². The van der Waals surface area contributed by atoms with Crippen molar-refractivity contribution >= 4 is 45.1 Å². The van der Waals surface area contributed by atoms with Gasteiger partial charge in [0, 0.05) is 55.1 Å². The summed E-state index contributed by atoms with van der Waals surface area (Å²) in [6, 6.07) is 4.12. The molecule has 0 unspecified atom stereocenters. The summed E-state index contributed by atoms with van der Waals surface area (Å²) in [5.41, 5.74) is 4.96. The Morgan fingerprint density at radius 2 is 1.97 bits per heavy atom. The van der Waals surface area contributed by atoms with Crippen molar-refractivity contribution in [1.82, 2.24) is 30.2 Å². The zero-order chi connectivity index (χ0) is 20.8. The SMILES string of the molecule is CSc1cc2c(-c3nc(N4CCNCC4)c4c(C5=CC=C5)cncc4n3)ccnc2[nH]1. The third kappa shape index (κ3) is 3.10. The Labute approximate surface area is 183 Å². The number of piperazine rings is 1. The Balaban J connectivity index is 1.61. The normalized spacial score (nSPS) is 16.0. The van der Waals surface area contributed by atoms with Gasteiger partial charge >= 0.3 is 0 Å². The molecule has 1 aliphatic heterocycles. The van der Waals surface area contributed by atoms with Crippen molar-refractivity contribution in [2.24, 2.45) is 0 Å². The number of allylic oxidation sites excluding steroid dienone is 4. The summed E-state index contributed by atoms with van der Waals surface area (Å²) in [4.78, 5) is 24.8. The molecule has 0 amide bonds. The number of fused-ring (bicyclic) bond motifs is 2. The van der Waals surface area contributed by atoms with E-state index in [1.165, 1.54) is 5.57 Å². The number of pyridine rings is 2. The molecule has 4 aromatic rings. The Bertz CT molecular complexity index is 1370. The van der Waals surface area contributed by atoms with Gasteiger partial charge in [0.2, 0.25) is 0 Å². The third-order valence-corrected chi connectivity index (χ3v) is 6.49. The van der Waals surface area contributed by atoms with Crippen molar-refractivity contribution in [2.45, 2.75) is 5.03 Å². The molecule has 0 radical (unpaired) electrons. The largest absolute Gasteiger partial charge is 0.353 e. The van der Waals surface area contributed by atoms with E-state index >= 15 is 0 Å². The Morgan fingerprint density at radius 3 is 2.74 bits per heavy atom. The minimum atomic E-state index is 0.706. The predicted octanol–water partition coefficient (Wildman–Crippen LogP) is 3.65. The van der Waals surface area contributed by atoms with E-state index in [0.29, 0.717) is 5.82 Å².